The number of hydrogen-bond donors (Lipinski definition) is 2. The summed E-state index contributed by atoms with van der Waals surface area (Å²) < 4.78 is 5.29. The molecule has 0 heterocycles. The van der Waals surface area contributed by atoms with Gasteiger partial charge in [-0.2, -0.15) is 0 Å². The number of ether oxygens (including phenoxy) is 1. The summed E-state index contributed by atoms with van der Waals surface area (Å²) in [6.45, 7) is 7.70. The number of nitrogens with two attached hydrogens (primary N) is 1. The van der Waals surface area contributed by atoms with Gasteiger partial charge in [0.1, 0.15) is 0 Å². The molecule has 0 aliphatic rings. The lowest BCUT2D eigenvalue weighted by molar-refractivity contribution is -0.115. The molecule has 1 rings (SSSR count). The van der Waals surface area contributed by atoms with Crippen molar-refractivity contribution in [3.63, 3.8) is 0 Å². The molecule has 0 aromatic heterocycles. The van der Waals surface area contributed by atoms with Crippen LogP contribution in [0.4, 0.5) is 5.69 Å². The summed E-state index contributed by atoms with van der Waals surface area (Å²) in [5.41, 5.74) is 8.52. The fraction of sp³-hybridized carbons (Fsp3) is 0.533. The number of carbonyl (C=O) groups excluding carboxylic acids is 1. The van der Waals surface area contributed by atoms with Crippen molar-refractivity contribution >= 4 is 23.4 Å². The summed E-state index contributed by atoms with van der Waals surface area (Å²) >= 11 is 1.59. The molecule has 0 spiro atoms. The predicted octanol–water partition coefficient (Wildman–Crippen LogP) is 2.34. The Kier molecular flexibility index (Phi) is 7.65. The summed E-state index contributed by atoms with van der Waals surface area (Å²) in [6.07, 6.45) is 0. The Bertz CT molecular complexity index is 438. The zero-order valence-electron chi connectivity index (χ0n) is 12.4. The fourth-order valence-corrected chi connectivity index (χ4v) is 2.44. The molecule has 3 N–H and O–H groups in total. The number of hydrogen-bond acceptors (Lipinski definition) is 4. The number of rotatable bonds is 8. The molecule has 0 aliphatic carbocycles. The molecule has 0 radical (unpaired) electrons. The third kappa shape index (κ3) is 5.53. The maximum atomic E-state index is 12.1. The first-order valence-corrected chi connectivity index (χ1v) is 7.87. The van der Waals surface area contributed by atoms with Gasteiger partial charge in [0.2, 0.25) is 5.91 Å². The Labute approximate surface area is 125 Å². The highest BCUT2D eigenvalue weighted by Crippen LogP contribution is 2.20. The Morgan fingerprint density at radius 1 is 1.40 bits per heavy atom. The van der Waals surface area contributed by atoms with Crippen LogP contribution in [0, 0.1) is 13.8 Å². The van der Waals surface area contributed by atoms with Crippen LogP contribution in [0.3, 0.4) is 0 Å². The van der Waals surface area contributed by atoms with Crippen LogP contribution in [0.5, 0.6) is 0 Å². The van der Waals surface area contributed by atoms with Crippen LogP contribution in [0.25, 0.3) is 0 Å². The summed E-state index contributed by atoms with van der Waals surface area (Å²) in [4.78, 5) is 12.1. The van der Waals surface area contributed by atoms with Gasteiger partial charge in [0.15, 0.2) is 0 Å². The summed E-state index contributed by atoms with van der Waals surface area (Å²) in [5.74, 6) is 0.823. The fourth-order valence-electron chi connectivity index (χ4n) is 1.67. The molecule has 0 saturated heterocycles. The highest BCUT2D eigenvalue weighted by atomic mass is 32.2. The molecule has 1 amide bonds. The van der Waals surface area contributed by atoms with Crippen molar-refractivity contribution in [3.05, 3.63) is 29.3 Å². The van der Waals surface area contributed by atoms with Crippen LogP contribution >= 0.6 is 11.8 Å². The minimum Gasteiger partial charge on any atom is -0.379 e. The molecule has 0 aliphatic heterocycles. The number of amides is 1. The van der Waals surface area contributed by atoms with Crippen molar-refractivity contribution in [1.82, 2.24) is 0 Å². The lowest BCUT2D eigenvalue weighted by Crippen LogP contribution is -2.24. The molecular weight excluding hydrogens is 272 g/mol. The van der Waals surface area contributed by atoms with Gasteiger partial charge in [0.25, 0.3) is 0 Å². The molecule has 20 heavy (non-hydrogen) atoms. The van der Waals surface area contributed by atoms with E-state index in [-0.39, 0.29) is 11.2 Å². The van der Waals surface area contributed by atoms with E-state index in [1.54, 1.807) is 11.8 Å². The van der Waals surface area contributed by atoms with Crippen LogP contribution < -0.4 is 11.1 Å². The first-order valence-electron chi connectivity index (χ1n) is 6.82. The number of aryl methyl sites for hydroxylation is 1. The van der Waals surface area contributed by atoms with Crippen LogP contribution in [0.2, 0.25) is 0 Å². The second-order valence-corrected chi connectivity index (χ2v) is 6.10. The van der Waals surface area contributed by atoms with Gasteiger partial charge < -0.3 is 15.8 Å². The smallest absolute Gasteiger partial charge is 0.237 e. The van der Waals surface area contributed by atoms with E-state index in [2.05, 4.69) is 5.32 Å². The third-order valence-corrected chi connectivity index (χ3v) is 4.21. The minimum absolute atomic E-state index is 0.0301. The van der Waals surface area contributed by atoms with E-state index in [9.17, 15) is 4.79 Å². The lowest BCUT2D eigenvalue weighted by Gasteiger charge is -2.14. The molecule has 4 nitrogen and oxygen atoms in total. The first kappa shape index (κ1) is 17.0. The van der Waals surface area contributed by atoms with Crippen molar-refractivity contribution < 1.29 is 9.53 Å². The van der Waals surface area contributed by atoms with Crippen molar-refractivity contribution in [2.24, 2.45) is 5.73 Å². The summed E-state index contributed by atoms with van der Waals surface area (Å²) in [6, 6.07) is 5.93. The monoisotopic (exact) mass is 296 g/mol. The average Bonchev–Trinajstić information content (AvgIpc) is 2.43. The van der Waals surface area contributed by atoms with Crippen molar-refractivity contribution in [2.45, 2.75) is 26.0 Å². The third-order valence-electron chi connectivity index (χ3n) is 3.09. The number of benzene rings is 1. The average molecular weight is 296 g/mol. The quantitative estimate of drug-likeness (QED) is 0.723. The van der Waals surface area contributed by atoms with Gasteiger partial charge in [-0.15, -0.1) is 11.8 Å². The molecule has 5 heteroatoms. The zero-order valence-corrected chi connectivity index (χ0v) is 13.3. The lowest BCUT2D eigenvalue weighted by atomic mass is 10.1. The molecule has 112 valence electrons. The molecule has 1 atom stereocenters. The Morgan fingerprint density at radius 3 is 2.85 bits per heavy atom. The first-order chi connectivity index (χ1) is 9.56. The highest BCUT2D eigenvalue weighted by molar-refractivity contribution is 8.00. The van der Waals surface area contributed by atoms with E-state index in [0.717, 1.165) is 17.0 Å². The predicted molar refractivity (Wildman–Crippen MR) is 86.3 cm³/mol. The second-order valence-electron chi connectivity index (χ2n) is 4.65. The van der Waals surface area contributed by atoms with Crippen molar-refractivity contribution in [3.8, 4) is 0 Å². The second kappa shape index (κ2) is 9.00. The van der Waals surface area contributed by atoms with Gasteiger partial charge in [0.05, 0.1) is 18.5 Å². The summed E-state index contributed by atoms with van der Waals surface area (Å²) in [7, 11) is 0. The van der Waals surface area contributed by atoms with Crippen LogP contribution in [-0.2, 0) is 9.53 Å². The van der Waals surface area contributed by atoms with Gasteiger partial charge in [-0.3, -0.25) is 4.79 Å². The highest BCUT2D eigenvalue weighted by Gasteiger charge is 2.14. The van der Waals surface area contributed by atoms with Crippen molar-refractivity contribution in [2.75, 3.05) is 30.8 Å². The Morgan fingerprint density at radius 2 is 2.15 bits per heavy atom. The summed E-state index contributed by atoms with van der Waals surface area (Å²) in [5, 5.41) is 2.88. The van der Waals surface area contributed by atoms with Gasteiger partial charge in [-0.05, 0) is 38.0 Å². The number of thioether (sulfide) groups is 1. The largest absolute Gasteiger partial charge is 0.379 e. The van der Waals surface area contributed by atoms with Gasteiger partial charge in [0, 0.05) is 18.0 Å². The Balaban J connectivity index is 2.39. The minimum atomic E-state index is -0.101. The standard InChI is InChI=1S/C15H24N2O2S/c1-11-5-4-6-14(12(11)2)17-15(18)13(3)20-10-9-19-8-7-16/h4-6,13H,7-10,16H2,1-3H3,(H,17,18). The topological polar surface area (TPSA) is 64.3 Å². The zero-order chi connectivity index (χ0) is 15.0. The number of nitrogens with one attached hydrogen (secondary N) is 1. The number of anilines is 1. The van der Waals surface area contributed by atoms with E-state index < -0.39 is 0 Å². The molecule has 1 aromatic carbocycles. The molecule has 1 aromatic rings. The van der Waals surface area contributed by atoms with E-state index in [1.807, 2.05) is 39.0 Å². The van der Waals surface area contributed by atoms with Gasteiger partial charge in [-0.1, -0.05) is 12.1 Å². The van der Waals surface area contributed by atoms with E-state index in [0.29, 0.717) is 19.8 Å². The Hall–Kier alpha value is -1.04. The normalized spacial score (nSPS) is 12.2. The van der Waals surface area contributed by atoms with Crippen molar-refractivity contribution in [1.29, 1.82) is 0 Å². The molecule has 0 saturated carbocycles. The maximum Gasteiger partial charge on any atom is 0.237 e. The van der Waals surface area contributed by atoms with E-state index in [4.69, 9.17) is 10.5 Å². The van der Waals surface area contributed by atoms with Gasteiger partial charge >= 0.3 is 0 Å². The molecule has 0 fully saturated rings. The molecular formula is C15H24N2O2S. The van der Waals surface area contributed by atoms with Crippen LogP contribution in [-0.4, -0.2) is 36.7 Å². The number of carbonyl (C=O) groups is 1. The van der Waals surface area contributed by atoms with E-state index in [1.165, 1.54) is 5.56 Å². The maximum absolute atomic E-state index is 12.1. The molecule has 0 bridgehead atoms. The van der Waals surface area contributed by atoms with E-state index >= 15 is 0 Å². The molecule has 1 unspecified atom stereocenters. The van der Waals surface area contributed by atoms with Crippen LogP contribution in [0.15, 0.2) is 18.2 Å². The SMILES string of the molecule is Cc1cccc(NC(=O)C(C)SCCOCCN)c1C. The van der Waals surface area contributed by atoms with Gasteiger partial charge in [-0.25, -0.2) is 0 Å². The van der Waals surface area contributed by atoms with Crippen LogP contribution in [0.1, 0.15) is 18.1 Å².